The SMILES string of the molecule is CCOc1ccccc1NC(=S)NC(=O)/C=C/c1ccc(-c2ccc(C)c(Cl)c2)o1. The van der Waals surface area contributed by atoms with E-state index in [9.17, 15) is 4.79 Å². The summed E-state index contributed by atoms with van der Waals surface area (Å²) in [5.41, 5.74) is 2.55. The number of furan rings is 1. The van der Waals surface area contributed by atoms with E-state index in [0.29, 0.717) is 34.6 Å². The topological polar surface area (TPSA) is 63.5 Å². The molecule has 30 heavy (non-hydrogen) atoms. The number of rotatable bonds is 6. The molecule has 1 amide bonds. The number of halogens is 1. The molecule has 2 aromatic carbocycles. The van der Waals surface area contributed by atoms with Crippen molar-refractivity contribution < 1.29 is 13.9 Å². The fourth-order valence-electron chi connectivity index (χ4n) is 2.66. The van der Waals surface area contributed by atoms with Crippen LogP contribution in [0.5, 0.6) is 5.75 Å². The van der Waals surface area contributed by atoms with Gasteiger partial charge in [-0.15, -0.1) is 0 Å². The summed E-state index contributed by atoms with van der Waals surface area (Å²) in [6.45, 7) is 4.37. The van der Waals surface area contributed by atoms with Crippen molar-refractivity contribution in [3.05, 3.63) is 77.0 Å². The van der Waals surface area contributed by atoms with Crippen molar-refractivity contribution in [2.24, 2.45) is 0 Å². The predicted molar refractivity (Wildman–Crippen MR) is 125 cm³/mol. The molecule has 0 saturated heterocycles. The molecular weight excluding hydrogens is 420 g/mol. The largest absolute Gasteiger partial charge is 0.492 e. The van der Waals surface area contributed by atoms with Gasteiger partial charge in [0.2, 0.25) is 5.91 Å². The molecule has 0 fully saturated rings. The van der Waals surface area contributed by atoms with Gasteiger partial charge < -0.3 is 14.5 Å². The van der Waals surface area contributed by atoms with E-state index >= 15 is 0 Å². The number of hydrogen-bond donors (Lipinski definition) is 2. The standard InChI is InChI=1S/C23H21ClN2O3S/c1-3-28-21-7-5-4-6-19(21)25-23(30)26-22(27)13-11-17-10-12-20(29-17)16-9-8-15(2)18(24)14-16/h4-14H,3H2,1-2H3,(H2,25,26,27,30)/b13-11+. The van der Waals surface area contributed by atoms with Crippen LogP contribution in [0, 0.1) is 6.92 Å². The van der Waals surface area contributed by atoms with Crippen LogP contribution in [-0.2, 0) is 4.79 Å². The number of para-hydroxylation sites is 2. The maximum Gasteiger partial charge on any atom is 0.250 e. The molecule has 3 aromatic rings. The third-order valence-electron chi connectivity index (χ3n) is 4.15. The zero-order chi connectivity index (χ0) is 21.5. The van der Waals surface area contributed by atoms with Crippen LogP contribution in [0.25, 0.3) is 17.4 Å². The summed E-state index contributed by atoms with van der Waals surface area (Å²) in [7, 11) is 0. The predicted octanol–water partition coefficient (Wildman–Crippen LogP) is 5.83. The summed E-state index contributed by atoms with van der Waals surface area (Å²) in [6.07, 6.45) is 2.93. The molecule has 0 bridgehead atoms. The Labute approximate surface area is 185 Å². The van der Waals surface area contributed by atoms with E-state index in [-0.39, 0.29) is 11.0 Å². The number of hydrogen-bond acceptors (Lipinski definition) is 4. The van der Waals surface area contributed by atoms with Crippen LogP contribution in [0.1, 0.15) is 18.2 Å². The van der Waals surface area contributed by atoms with E-state index in [4.69, 9.17) is 33.0 Å². The van der Waals surface area contributed by atoms with Gasteiger partial charge in [0.05, 0.1) is 12.3 Å². The van der Waals surface area contributed by atoms with Crippen LogP contribution < -0.4 is 15.4 Å². The van der Waals surface area contributed by atoms with Gasteiger partial charge in [0.1, 0.15) is 17.3 Å². The second kappa shape index (κ2) is 10.1. The minimum absolute atomic E-state index is 0.172. The molecule has 0 aliphatic heterocycles. The quantitative estimate of drug-likeness (QED) is 0.372. The average Bonchev–Trinajstić information content (AvgIpc) is 3.19. The third kappa shape index (κ3) is 5.72. The summed E-state index contributed by atoms with van der Waals surface area (Å²) in [5.74, 6) is 1.49. The van der Waals surface area contributed by atoms with E-state index in [1.807, 2.05) is 62.4 Å². The van der Waals surface area contributed by atoms with Gasteiger partial charge in [-0.25, -0.2) is 0 Å². The number of carbonyl (C=O) groups is 1. The Morgan fingerprint density at radius 2 is 2.00 bits per heavy atom. The molecule has 0 aliphatic carbocycles. The van der Waals surface area contributed by atoms with Crippen molar-refractivity contribution in [1.82, 2.24) is 5.32 Å². The molecule has 3 rings (SSSR count). The van der Waals surface area contributed by atoms with Gasteiger partial charge in [-0.05, 0) is 68.0 Å². The number of carbonyl (C=O) groups excluding carboxylic acids is 1. The monoisotopic (exact) mass is 440 g/mol. The minimum Gasteiger partial charge on any atom is -0.492 e. The van der Waals surface area contributed by atoms with Gasteiger partial charge in [-0.2, -0.15) is 0 Å². The number of aryl methyl sites for hydroxylation is 1. The fraction of sp³-hybridized carbons (Fsp3) is 0.130. The first-order valence-electron chi connectivity index (χ1n) is 9.34. The number of thiocarbonyl (C=S) groups is 1. The summed E-state index contributed by atoms with van der Waals surface area (Å²) in [6, 6.07) is 16.7. The summed E-state index contributed by atoms with van der Waals surface area (Å²) in [4.78, 5) is 12.2. The summed E-state index contributed by atoms with van der Waals surface area (Å²) >= 11 is 11.4. The van der Waals surface area contributed by atoms with Crippen LogP contribution in [-0.4, -0.2) is 17.6 Å². The van der Waals surface area contributed by atoms with Crippen molar-refractivity contribution in [1.29, 1.82) is 0 Å². The number of anilines is 1. The fourth-order valence-corrected chi connectivity index (χ4v) is 3.05. The van der Waals surface area contributed by atoms with Gasteiger partial charge >= 0.3 is 0 Å². The lowest BCUT2D eigenvalue weighted by Crippen LogP contribution is -2.32. The zero-order valence-corrected chi connectivity index (χ0v) is 18.1. The Morgan fingerprint density at radius 1 is 1.20 bits per heavy atom. The Balaban J connectivity index is 1.59. The molecule has 0 aliphatic rings. The Hall–Kier alpha value is -3.09. The molecule has 1 aromatic heterocycles. The van der Waals surface area contributed by atoms with Crippen LogP contribution in [0.2, 0.25) is 5.02 Å². The zero-order valence-electron chi connectivity index (χ0n) is 16.6. The molecule has 0 unspecified atom stereocenters. The lowest BCUT2D eigenvalue weighted by atomic mass is 10.1. The Bertz CT molecular complexity index is 1090. The van der Waals surface area contributed by atoms with Crippen molar-refractivity contribution >= 4 is 46.6 Å². The van der Waals surface area contributed by atoms with Gasteiger partial charge in [0.25, 0.3) is 0 Å². The van der Waals surface area contributed by atoms with Crippen LogP contribution in [0.3, 0.4) is 0 Å². The van der Waals surface area contributed by atoms with Crippen molar-refractivity contribution in [3.63, 3.8) is 0 Å². The number of ether oxygens (including phenoxy) is 1. The van der Waals surface area contributed by atoms with Crippen LogP contribution in [0.15, 0.2) is 65.1 Å². The highest BCUT2D eigenvalue weighted by molar-refractivity contribution is 7.80. The maximum atomic E-state index is 12.2. The Kier molecular flexibility index (Phi) is 7.27. The molecule has 2 N–H and O–H groups in total. The van der Waals surface area contributed by atoms with Crippen LogP contribution in [0.4, 0.5) is 5.69 Å². The first kappa shape index (κ1) is 21.6. The minimum atomic E-state index is -0.377. The van der Waals surface area contributed by atoms with Crippen molar-refractivity contribution in [2.45, 2.75) is 13.8 Å². The van der Waals surface area contributed by atoms with Gasteiger partial charge in [0.15, 0.2) is 5.11 Å². The normalized spacial score (nSPS) is 10.8. The van der Waals surface area contributed by atoms with Crippen molar-refractivity contribution in [3.8, 4) is 17.1 Å². The highest BCUT2D eigenvalue weighted by atomic mass is 35.5. The lowest BCUT2D eigenvalue weighted by Gasteiger charge is -2.12. The second-order valence-corrected chi connectivity index (χ2v) is 7.19. The molecule has 0 radical (unpaired) electrons. The molecule has 5 nitrogen and oxygen atoms in total. The molecule has 0 saturated carbocycles. The van der Waals surface area contributed by atoms with Gasteiger partial charge in [0, 0.05) is 16.7 Å². The number of nitrogens with one attached hydrogen (secondary N) is 2. The second-order valence-electron chi connectivity index (χ2n) is 6.37. The molecular formula is C23H21ClN2O3S. The molecule has 0 atom stereocenters. The average molecular weight is 441 g/mol. The highest BCUT2D eigenvalue weighted by Gasteiger charge is 2.08. The van der Waals surface area contributed by atoms with Gasteiger partial charge in [-0.3, -0.25) is 10.1 Å². The number of benzene rings is 2. The number of amides is 1. The van der Waals surface area contributed by atoms with E-state index in [1.54, 1.807) is 12.1 Å². The van der Waals surface area contributed by atoms with E-state index < -0.39 is 0 Å². The third-order valence-corrected chi connectivity index (χ3v) is 4.77. The van der Waals surface area contributed by atoms with Crippen molar-refractivity contribution in [2.75, 3.05) is 11.9 Å². The lowest BCUT2D eigenvalue weighted by molar-refractivity contribution is -0.115. The molecule has 1 heterocycles. The highest BCUT2D eigenvalue weighted by Crippen LogP contribution is 2.27. The Morgan fingerprint density at radius 3 is 2.77 bits per heavy atom. The maximum absolute atomic E-state index is 12.2. The first-order chi connectivity index (χ1) is 14.5. The van der Waals surface area contributed by atoms with Gasteiger partial charge in [-0.1, -0.05) is 35.9 Å². The van der Waals surface area contributed by atoms with E-state index in [0.717, 1.165) is 11.1 Å². The smallest absolute Gasteiger partial charge is 0.250 e. The molecule has 154 valence electrons. The molecule has 7 heteroatoms. The van der Waals surface area contributed by atoms with E-state index in [1.165, 1.54) is 6.08 Å². The summed E-state index contributed by atoms with van der Waals surface area (Å²) < 4.78 is 11.3. The first-order valence-corrected chi connectivity index (χ1v) is 10.1. The van der Waals surface area contributed by atoms with E-state index in [2.05, 4.69) is 10.6 Å². The summed E-state index contributed by atoms with van der Waals surface area (Å²) in [5, 5.41) is 6.41. The molecule has 0 spiro atoms. The van der Waals surface area contributed by atoms with Crippen LogP contribution >= 0.6 is 23.8 Å².